The molecule has 2 unspecified atom stereocenters. The van der Waals surface area contributed by atoms with Crippen molar-refractivity contribution in [1.29, 1.82) is 0 Å². The lowest BCUT2D eigenvalue weighted by Crippen LogP contribution is -2.56. The summed E-state index contributed by atoms with van der Waals surface area (Å²) in [5.74, 6) is -0.822. The average molecular weight is 419 g/mol. The summed E-state index contributed by atoms with van der Waals surface area (Å²) in [6, 6.07) is 9.92. The molecule has 0 aliphatic carbocycles. The smallest absolute Gasteiger partial charge is 0.359 e. The van der Waals surface area contributed by atoms with E-state index in [1.165, 1.54) is 51.4 Å². The van der Waals surface area contributed by atoms with Gasteiger partial charge in [-0.2, -0.15) is 0 Å². The van der Waals surface area contributed by atoms with Gasteiger partial charge in [0.05, 0.1) is 13.2 Å². The molecule has 30 heavy (non-hydrogen) atoms. The fourth-order valence-corrected chi connectivity index (χ4v) is 4.71. The van der Waals surface area contributed by atoms with E-state index in [1.807, 2.05) is 37.3 Å². The van der Waals surface area contributed by atoms with Gasteiger partial charge in [-0.1, -0.05) is 95.2 Å². The summed E-state index contributed by atoms with van der Waals surface area (Å²) in [4.78, 5) is 11.8. The SMILES string of the molecule is C=C(C)C(c1ccccc1)[N+](CCO)(CCCCCCCCCCCC)CC(=O)O. The van der Waals surface area contributed by atoms with Gasteiger partial charge < -0.3 is 14.7 Å². The quantitative estimate of drug-likeness (QED) is 0.172. The number of benzene rings is 1. The summed E-state index contributed by atoms with van der Waals surface area (Å²) < 4.78 is 0.336. The Morgan fingerprint density at radius 3 is 1.93 bits per heavy atom. The predicted molar refractivity (Wildman–Crippen MR) is 125 cm³/mol. The van der Waals surface area contributed by atoms with Gasteiger partial charge in [-0.05, 0) is 25.3 Å². The molecule has 4 nitrogen and oxygen atoms in total. The summed E-state index contributed by atoms with van der Waals surface area (Å²) in [7, 11) is 0. The van der Waals surface area contributed by atoms with Crippen molar-refractivity contribution in [2.75, 3.05) is 26.2 Å². The molecule has 2 N–H and O–H groups in total. The molecule has 0 saturated carbocycles. The molecular weight excluding hydrogens is 374 g/mol. The van der Waals surface area contributed by atoms with Crippen molar-refractivity contribution in [3.8, 4) is 0 Å². The Hall–Kier alpha value is -1.65. The Kier molecular flexibility index (Phi) is 13.4. The van der Waals surface area contributed by atoms with E-state index >= 15 is 0 Å². The van der Waals surface area contributed by atoms with Crippen molar-refractivity contribution in [3.63, 3.8) is 0 Å². The van der Waals surface area contributed by atoms with Gasteiger partial charge in [-0.25, -0.2) is 4.79 Å². The van der Waals surface area contributed by atoms with Crippen LogP contribution in [0.15, 0.2) is 42.5 Å². The number of aliphatic carboxylic acids is 1. The minimum atomic E-state index is -0.822. The Morgan fingerprint density at radius 2 is 1.47 bits per heavy atom. The van der Waals surface area contributed by atoms with Gasteiger partial charge in [0.1, 0.15) is 12.6 Å². The number of hydrogen-bond donors (Lipinski definition) is 2. The van der Waals surface area contributed by atoms with E-state index in [0.717, 1.165) is 30.5 Å². The van der Waals surface area contributed by atoms with Gasteiger partial charge in [0.2, 0.25) is 0 Å². The largest absolute Gasteiger partial charge is 0.477 e. The van der Waals surface area contributed by atoms with E-state index in [2.05, 4.69) is 13.5 Å². The molecule has 0 spiro atoms. The molecule has 4 heteroatoms. The van der Waals surface area contributed by atoms with E-state index in [4.69, 9.17) is 0 Å². The van der Waals surface area contributed by atoms with Gasteiger partial charge in [0.15, 0.2) is 6.54 Å². The third-order valence-electron chi connectivity index (χ3n) is 6.08. The fraction of sp³-hybridized carbons (Fsp3) is 0.654. The van der Waals surface area contributed by atoms with Crippen molar-refractivity contribution < 1.29 is 19.5 Å². The lowest BCUT2D eigenvalue weighted by molar-refractivity contribution is -0.946. The summed E-state index contributed by atoms with van der Waals surface area (Å²) >= 11 is 0. The lowest BCUT2D eigenvalue weighted by Gasteiger charge is -2.44. The minimum absolute atomic E-state index is 0.00437. The number of quaternary nitrogens is 1. The summed E-state index contributed by atoms with van der Waals surface area (Å²) in [6.45, 7) is 9.57. The predicted octanol–water partition coefficient (Wildman–Crippen LogP) is 6.12. The molecule has 1 aromatic rings. The van der Waals surface area contributed by atoms with Crippen molar-refractivity contribution in [1.82, 2.24) is 0 Å². The van der Waals surface area contributed by atoms with Crippen LogP contribution in [0.3, 0.4) is 0 Å². The molecule has 1 rings (SSSR count). The van der Waals surface area contributed by atoms with Crippen LogP contribution >= 0.6 is 0 Å². The number of unbranched alkanes of at least 4 members (excludes halogenated alkanes) is 9. The Morgan fingerprint density at radius 1 is 0.933 bits per heavy atom. The first-order chi connectivity index (χ1) is 14.5. The molecule has 1 aromatic carbocycles. The van der Waals surface area contributed by atoms with Crippen molar-refractivity contribution in [2.45, 2.75) is 84.1 Å². The second kappa shape index (κ2) is 15.2. The van der Waals surface area contributed by atoms with Crippen LogP contribution in [0.25, 0.3) is 0 Å². The van der Waals surface area contributed by atoms with Crippen LogP contribution in [0.1, 0.15) is 89.7 Å². The number of rotatable bonds is 18. The number of hydrogen-bond acceptors (Lipinski definition) is 2. The third-order valence-corrected chi connectivity index (χ3v) is 6.08. The Bertz CT molecular complexity index is 602. The number of aliphatic hydroxyl groups is 1. The maximum absolute atomic E-state index is 11.8. The van der Waals surface area contributed by atoms with Gasteiger partial charge in [0, 0.05) is 5.56 Å². The second-order valence-electron chi connectivity index (χ2n) is 8.78. The number of carboxylic acids is 1. The van der Waals surface area contributed by atoms with Gasteiger partial charge in [-0.3, -0.25) is 0 Å². The molecule has 0 aromatic heterocycles. The molecule has 0 amide bonds. The summed E-state index contributed by atoms with van der Waals surface area (Å²) in [6.07, 6.45) is 12.5. The first-order valence-electron chi connectivity index (χ1n) is 11.9. The average Bonchev–Trinajstić information content (AvgIpc) is 2.70. The molecule has 0 aliphatic heterocycles. The van der Waals surface area contributed by atoms with Crippen molar-refractivity contribution in [3.05, 3.63) is 48.0 Å². The summed E-state index contributed by atoms with van der Waals surface area (Å²) in [5.41, 5.74) is 2.02. The van der Waals surface area contributed by atoms with Crippen LogP contribution in [0, 0.1) is 0 Å². The molecule has 170 valence electrons. The van der Waals surface area contributed by atoms with Gasteiger partial charge in [0.25, 0.3) is 0 Å². The van der Waals surface area contributed by atoms with Crippen LogP contribution in [-0.2, 0) is 4.79 Å². The lowest BCUT2D eigenvalue weighted by atomic mass is 9.95. The molecule has 2 atom stereocenters. The maximum Gasteiger partial charge on any atom is 0.359 e. The van der Waals surface area contributed by atoms with E-state index in [-0.39, 0.29) is 19.2 Å². The highest BCUT2D eigenvalue weighted by Gasteiger charge is 2.39. The standard InChI is InChI=1S/C26H43NO3/c1-4-5-6-7-8-9-10-11-12-16-19-27(20-21-28,22-25(29)30)26(23(2)3)24-17-14-13-15-18-24/h13-15,17-18,26,28H,2,4-12,16,19-22H2,1,3H3/p+1. The minimum Gasteiger partial charge on any atom is -0.477 e. The monoisotopic (exact) mass is 418 g/mol. The number of aliphatic hydroxyl groups excluding tert-OH is 1. The zero-order valence-corrected chi connectivity index (χ0v) is 19.3. The van der Waals surface area contributed by atoms with Crippen LogP contribution < -0.4 is 0 Å². The molecule has 0 fully saturated rings. The summed E-state index contributed by atoms with van der Waals surface area (Å²) in [5, 5.41) is 19.5. The topological polar surface area (TPSA) is 57.5 Å². The van der Waals surface area contributed by atoms with Gasteiger partial charge in [-0.15, -0.1) is 0 Å². The molecule has 0 aliphatic rings. The number of nitrogens with zero attached hydrogens (tertiary/aromatic N) is 1. The maximum atomic E-state index is 11.8. The normalized spacial score (nSPS) is 14.2. The number of carbonyl (C=O) groups is 1. The highest BCUT2D eigenvalue weighted by Crippen LogP contribution is 2.35. The Balaban J connectivity index is 2.73. The molecular formula is C26H44NO3+. The first kappa shape index (κ1) is 26.4. The number of carboxylic acid groups (broad SMARTS) is 1. The molecule has 0 heterocycles. The van der Waals surface area contributed by atoms with E-state index in [0.29, 0.717) is 11.0 Å². The zero-order valence-electron chi connectivity index (χ0n) is 19.3. The highest BCUT2D eigenvalue weighted by atomic mass is 16.4. The van der Waals surface area contributed by atoms with E-state index < -0.39 is 5.97 Å². The van der Waals surface area contributed by atoms with Crippen LogP contribution in [0.2, 0.25) is 0 Å². The van der Waals surface area contributed by atoms with E-state index in [9.17, 15) is 15.0 Å². The van der Waals surface area contributed by atoms with Gasteiger partial charge >= 0.3 is 5.97 Å². The van der Waals surface area contributed by atoms with Crippen molar-refractivity contribution >= 4 is 5.97 Å². The third kappa shape index (κ3) is 9.44. The highest BCUT2D eigenvalue weighted by molar-refractivity contribution is 5.68. The molecule has 0 saturated heterocycles. The first-order valence-corrected chi connectivity index (χ1v) is 11.9. The van der Waals surface area contributed by atoms with Crippen LogP contribution in [0.4, 0.5) is 0 Å². The zero-order chi connectivity index (χ0) is 22.2. The van der Waals surface area contributed by atoms with Crippen LogP contribution in [-0.4, -0.2) is 46.9 Å². The molecule has 0 bridgehead atoms. The van der Waals surface area contributed by atoms with Crippen LogP contribution in [0.5, 0.6) is 0 Å². The Labute approximate surface area is 184 Å². The fourth-order valence-electron chi connectivity index (χ4n) is 4.71. The molecule has 0 radical (unpaired) electrons. The second-order valence-corrected chi connectivity index (χ2v) is 8.78. The van der Waals surface area contributed by atoms with E-state index in [1.54, 1.807) is 0 Å². The van der Waals surface area contributed by atoms with Crippen molar-refractivity contribution in [2.24, 2.45) is 0 Å².